The summed E-state index contributed by atoms with van der Waals surface area (Å²) in [7, 11) is -3.69. The maximum absolute atomic E-state index is 13.1. The van der Waals surface area contributed by atoms with E-state index in [2.05, 4.69) is 5.32 Å². The Morgan fingerprint density at radius 3 is 2.50 bits per heavy atom. The van der Waals surface area contributed by atoms with Crippen molar-refractivity contribution in [2.75, 3.05) is 18.5 Å². The number of rotatable bonds is 6. The third-order valence-corrected chi connectivity index (χ3v) is 3.97. The van der Waals surface area contributed by atoms with Crippen LogP contribution < -0.4 is 15.2 Å². The van der Waals surface area contributed by atoms with Crippen molar-refractivity contribution >= 4 is 15.7 Å². The highest BCUT2D eigenvalue weighted by molar-refractivity contribution is 7.89. The van der Waals surface area contributed by atoms with Gasteiger partial charge in [0.2, 0.25) is 10.0 Å². The quantitative estimate of drug-likeness (QED) is 0.799. The molecule has 0 amide bonds. The monoisotopic (exact) mass is 324 g/mol. The van der Waals surface area contributed by atoms with Crippen LogP contribution >= 0.6 is 0 Å². The second-order valence-corrected chi connectivity index (χ2v) is 6.31. The van der Waals surface area contributed by atoms with Gasteiger partial charge in [-0.15, -0.1) is 0 Å². The molecule has 0 radical (unpaired) electrons. The van der Waals surface area contributed by atoms with Gasteiger partial charge in [0, 0.05) is 12.2 Å². The van der Waals surface area contributed by atoms with E-state index < -0.39 is 10.0 Å². The fourth-order valence-corrected chi connectivity index (χ4v) is 2.38. The number of anilines is 1. The number of hydrogen-bond acceptors (Lipinski definition) is 4. The van der Waals surface area contributed by atoms with E-state index in [1.807, 2.05) is 6.92 Å². The van der Waals surface area contributed by atoms with Gasteiger partial charge in [-0.2, -0.15) is 0 Å². The minimum atomic E-state index is -3.69. The molecule has 22 heavy (non-hydrogen) atoms. The topological polar surface area (TPSA) is 81.4 Å². The molecule has 0 unspecified atom stereocenters. The van der Waals surface area contributed by atoms with E-state index in [9.17, 15) is 12.8 Å². The van der Waals surface area contributed by atoms with E-state index in [1.54, 1.807) is 6.07 Å². The van der Waals surface area contributed by atoms with Crippen LogP contribution in [0.15, 0.2) is 47.4 Å². The second kappa shape index (κ2) is 6.76. The zero-order valence-electron chi connectivity index (χ0n) is 12.0. The fraction of sp³-hybridized carbons (Fsp3) is 0.200. The Bertz CT molecular complexity index is 746. The van der Waals surface area contributed by atoms with Crippen molar-refractivity contribution in [2.24, 2.45) is 5.14 Å². The molecule has 0 fully saturated rings. The molecule has 0 aliphatic rings. The maximum Gasteiger partial charge on any atom is 0.238 e. The first-order valence-electron chi connectivity index (χ1n) is 6.62. The predicted octanol–water partition coefficient (Wildman–Crippen LogP) is 2.27. The van der Waals surface area contributed by atoms with E-state index in [0.29, 0.717) is 24.6 Å². The summed E-state index contributed by atoms with van der Waals surface area (Å²) in [5.41, 5.74) is 1.66. The molecule has 2 aromatic carbocycles. The van der Waals surface area contributed by atoms with Crippen molar-refractivity contribution in [2.45, 2.75) is 11.8 Å². The molecular weight excluding hydrogens is 307 g/mol. The molecule has 0 bridgehead atoms. The van der Waals surface area contributed by atoms with Gasteiger partial charge in [0.25, 0.3) is 0 Å². The average molecular weight is 324 g/mol. The lowest BCUT2D eigenvalue weighted by Crippen LogP contribution is -2.13. The molecule has 0 saturated carbocycles. The molecular formula is C15H17FN2O3S. The number of primary sulfonamides is 1. The summed E-state index contributed by atoms with van der Waals surface area (Å²) in [6, 6.07) is 10.4. The van der Waals surface area contributed by atoms with E-state index in [0.717, 1.165) is 5.56 Å². The Morgan fingerprint density at radius 1 is 1.18 bits per heavy atom. The Balaban J connectivity index is 1.85. The van der Waals surface area contributed by atoms with Crippen LogP contribution in [-0.2, 0) is 10.0 Å². The Labute approximate surface area is 129 Å². The number of hydrogen-bond donors (Lipinski definition) is 2. The highest BCUT2D eigenvalue weighted by Gasteiger charge is 2.07. The number of halogens is 1. The molecule has 0 aliphatic carbocycles. The largest absolute Gasteiger partial charge is 0.492 e. The van der Waals surface area contributed by atoms with Crippen LogP contribution in [0.4, 0.5) is 10.1 Å². The molecule has 3 N–H and O–H groups in total. The second-order valence-electron chi connectivity index (χ2n) is 4.75. The summed E-state index contributed by atoms with van der Waals surface area (Å²) in [6.07, 6.45) is 0. The zero-order chi connectivity index (χ0) is 16.2. The van der Waals surface area contributed by atoms with Gasteiger partial charge in [-0.25, -0.2) is 17.9 Å². The number of nitrogens with two attached hydrogens (primary N) is 1. The third kappa shape index (κ3) is 4.44. The van der Waals surface area contributed by atoms with E-state index >= 15 is 0 Å². The number of ether oxygens (including phenoxy) is 1. The first kappa shape index (κ1) is 16.3. The van der Waals surface area contributed by atoms with Crippen LogP contribution in [0, 0.1) is 12.7 Å². The molecule has 0 spiro atoms. The minimum absolute atomic E-state index is 0.0355. The SMILES string of the molecule is Cc1ccc(F)cc1NCCOc1ccc(S(N)(=O)=O)cc1. The maximum atomic E-state index is 13.1. The van der Waals surface area contributed by atoms with Gasteiger partial charge in [0.05, 0.1) is 4.90 Å². The molecule has 118 valence electrons. The smallest absolute Gasteiger partial charge is 0.238 e. The lowest BCUT2D eigenvalue weighted by Gasteiger charge is -2.11. The van der Waals surface area contributed by atoms with Gasteiger partial charge in [0.1, 0.15) is 18.2 Å². The van der Waals surface area contributed by atoms with Gasteiger partial charge >= 0.3 is 0 Å². The summed E-state index contributed by atoms with van der Waals surface area (Å²) in [5.74, 6) is 0.234. The molecule has 0 heterocycles. The minimum Gasteiger partial charge on any atom is -0.492 e. The summed E-state index contributed by atoms with van der Waals surface area (Å²) < 4.78 is 40.8. The molecule has 7 heteroatoms. The summed E-state index contributed by atoms with van der Waals surface area (Å²) in [4.78, 5) is 0.0355. The van der Waals surface area contributed by atoms with Crippen LogP contribution in [0.3, 0.4) is 0 Å². The van der Waals surface area contributed by atoms with Gasteiger partial charge in [-0.1, -0.05) is 6.07 Å². The number of sulfonamides is 1. The molecule has 2 rings (SSSR count). The van der Waals surface area contributed by atoms with Crippen LogP contribution in [0.2, 0.25) is 0 Å². The lowest BCUT2D eigenvalue weighted by atomic mass is 10.2. The molecule has 5 nitrogen and oxygen atoms in total. The molecule has 0 atom stereocenters. The van der Waals surface area contributed by atoms with E-state index in [1.165, 1.54) is 36.4 Å². The average Bonchev–Trinajstić information content (AvgIpc) is 2.46. The summed E-state index contributed by atoms with van der Waals surface area (Å²) >= 11 is 0. The van der Waals surface area contributed by atoms with Crippen molar-refractivity contribution in [3.05, 3.63) is 53.8 Å². The summed E-state index contributed by atoms with van der Waals surface area (Å²) in [5, 5.41) is 8.09. The first-order valence-corrected chi connectivity index (χ1v) is 8.16. The van der Waals surface area contributed by atoms with Gasteiger partial charge < -0.3 is 10.1 Å². The molecule has 0 aromatic heterocycles. The van der Waals surface area contributed by atoms with Crippen molar-refractivity contribution in [3.63, 3.8) is 0 Å². The highest BCUT2D eigenvalue weighted by atomic mass is 32.2. The van der Waals surface area contributed by atoms with E-state index in [-0.39, 0.29) is 10.7 Å². The number of aryl methyl sites for hydroxylation is 1. The Kier molecular flexibility index (Phi) is 4.99. The van der Waals surface area contributed by atoms with Gasteiger partial charge in [-0.05, 0) is 48.9 Å². The number of nitrogens with one attached hydrogen (secondary N) is 1. The molecule has 0 aliphatic heterocycles. The summed E-state index contributed by atoms with van der Waals surface area (Å²) in [6.45, 7) is 2.72. The van der Waals surface area contributed by atoms with Crippen molar-refractivity contribution in [3.8, 4) is 5.75 Å². The lowest BCUT2D eigenvalue weighted by molar-refractivity contribution is 0.332. The standard InChI is InChI=1S/C15H17FN2O3S/c1-11-2-3-12(16)10-15(11)18-8-9-21-13-4-6-14(7-5-13)22(17,19)20/h2-7,10,18H,8-9H2,1H3,(H2,17,19,20). The van der Waals surface area contributed by atoms with Crippen molar-refractivity contribution in [1.29, 1.82) is 0 Å². The van der Waals surface area contributed by atoms with Crippen LogP contribution in [0.1, 0.15) is 5.56 Å². The molecule has 2 aromatic rings. The highest BCUT2D eigenvalue weighted by Crippen LogP contribution is 2.16. The van der Waals surface area contributed by atoms with Crippen LogP contribution in [-0.4, -0.2) is 21.6 Å². The first-order chi connectivity index (χ1) is 10.4. The Morgan fingerprint density at radius 2 is 1.86 bits per heavy atom. The van der Waals surface area contributed by atoms with Gasteiger partial charge in [0.15, 0.2) is 0 Å². The van der Waals surface area contributed by atoms with Crippen molar-refractivity contribution in [1.82, 2.24) is 0 Å². The van der Waals surface area contributed by atoms with Crippen LogP contribution in [0.5, 0.6) is 5.75 Å². The normalized spacial score (nSPS) is 11.2. The molecule has 0 saturated heterocycles. The van der Waals surface area contributed by atoms with Crippen LogP contribution in [0.25, 0.3) is 0 Å². The fourth-order valence-electron chi connectivity index (χ4n) is 1.86. The van der Waals surface area contributed by atoms with Gasteiger partial charge in [-0.3, -0.25) is 0 Å². The predicted molar refractivity (Wildman–Crippen MR) is 82.9 cm³/mol. The Hall–Kier alpha value is -2.12. The number of benzene rings is 2. The van der Waals surface area contributed by atoms with Crippen molar-refractivity contribution < 1.29 is 17.5 Å². The van der Waals surface area contributed by atoms with E-state index in [4.69, 9.17) is 9.88 Å². The zero-order valence-corrected chi connectivity index (χ0v) is 12.9. The third-order valence-electron chi connectivity index (χ3n) is 3.04.